The largest absolute Gasteiger partial charge is 0.493 e. The molecule has 0 aliphatic carbocycles. The van der Waals surface area contributed by atoms with E-state index >= 15 is 0 Å². The monoisotopic (exact) mass is 318 g/mol. The number of carbonyl (C=O) groups excluding carboxylic acids is 1. The molecule has 23 heavy (non-hydrogen) atoms. The maximum atomic E-state index is 11.7. The summed E-state index contributed by atoms with van der Waals surface area (Å²) in [5.74, 6) is 1.97. The minimum Gasteiger partial charge on any atom is -0.493 e. The molecule has 1 fully saturated rings. The number of likely N-dealkylation sites (tertiary alicyclic amines) is 1. The molecule has 2 aliphatic rings. The van der Waals surface area contributed by atoms with Crippen LogP contribution in [0.1, 0.15) is 31.7 Å². The van der Waals surface area contributed by atoms with Gasteiger partial charge in [0.15, 0.2) is 11.5 Å². The van der Waals surface area contributed by atoms with Crippen LogP contribution in [0.15, 0.2) is 18.2 Å². The van der Waals surface area contributed by atoms with E-state index in [1.807, 2.05) is 24.0 Å². The van der Waals surface area contributed by atoms with Gasteiger partial charge in [0, 0.05) is 31.6 Å². The summed E-state index contributed by atoms with van der Waals surface area (Å²) in [7, 11) is 1.68. The Kier molecular flexibility index (Phi) is 5.06. The summed E-state index contributed by atoms with van der Waals surface area (Å²) in [5.41, 5.74) is 1.20. The van der Waals surface area contributed by atoms with Gasteiger partial charge in [0.2, 0.25) is 5.91 Å². The van der Waals surface area contributed by atoms with Gasteiger partial charge in [-0.25, -0.2) is 0 Å². The quantitative estimate of drug-likeness (QED) is 0.922. The van der Waals surface area contributed by atoms with Crippen molar-refractivity contribution in [2.75, 3.05) is 26.8 Å². The van der Waals surface area contributed by atoms with Gasteiger partial charge in [0.25, 0.3) is 0 Å². The number of hydrogen-bond acceptors (Lipinski definition) is 4. The van der Waals surface area contributed by atoms with Crippen molar-refractivity contribution in [3.8, 4) is 11.5 Å². The van der Waals surface area contributed by atoms with Gasteiger partial charge < -0.3 is 19.7 Å². The zero-order chi connectivity index (χ0) is 16.2. The summed E-state index contributed by atoms with van der Waals surface area (Å²) >= 11 is 0. The fourth-order valence-corrected chi connectivity index (χ4v) is 3.51. The highest BCUT2D eigenvalue weighted by Crippen LogP contribution is 2.34. The number of fused-ring (bicyclic) bond motifs is 1. The Labute approximate surface area is 137 Å². The third-order valence-corrected chi connectivity index (χ3v) is 4.80. The van der Waals surface area contributed by atoms with Crippen LogP contribution in [0.25, 0.3) is 0 Å². The molecule has 0 spiro atoms. The number of methoxy groups -OCH3 is 1. The van der Waals surface area contributed by atoms with Crippen LogP contribution in [0.2, 0.25) is 0 Å². The number of ether oxygens (including phenoxy) is 2. The van der Waals surface area contributed by atoms with Crippen molar-refractivity contribution in [2.45, 2.75) is 44.7 Å². The zero-order valence-corrected chi connectivity index (χ0v) is 14.0. The van der Waals surface area contributed by atoms with E-state index in [0.717, 1.165) is 43.9 Å². The lowest BCUT2D eigenvalue weighted by atomic mass is 9.98. The average molecular weight is 318 g/mol. The average Bonchev–Trinajstić information content (AvgIpc) is 2.61. The summed E-state index contributed by atoms with van der Waals surface area (Å²) < 4.78 is 11.3. The number of nitrogens with zero attached hydrogens (tertiary/aromatic N) is 1. The lowest BCUT2D eigenvalue weighted by Crippen LogP contribution is -2.50. The van der Waals surface area contributed by atoms with Crippen LogP contribution < -0.4 is 14.8 Å². The molecule has 1 aromatic rings. The molecule has 2 heterocycles. The van der Waals surface area contributed by atoms with Gasteiger partial charge in [0.05, 0.1) is 7.11 Å². The van der Waals surface area contributed by atoms with E-state index in [1.165, 1.54) is 5.56 Å². The third kappa shape index (κ3) is 3.61. The molecule has 3 rings (SSSR count). The van der Waals surface area contributed by atoms with Gasteiger partial charge >= 0.3 is 0 Å². The van der Waals surface area contributed by atoms with Crippen LogP contribution in [0.5, 0.6) is 11.5 Å². The lowest BCUT2D eigenvalue weighted by Gasteiger charge is -2.36. The normalized spacial score (nSPS) is 21.5. The number of hydrogen-bond donors (Lipinski definition) is 1. The molecule has 0 unspecified atom stereocenters. The molecule has 1 amide bonds. The van der Waals surface area contributed by atoms with Gasteiger partial charge in [-0.2, -0.15) is 0 Å². The van der Waals surface area contributed by atoms with Crippen LogP contribution in [-0.2, 0) is 11.2 Å². The van der Waals surface area contributed by atoms with Crippen LogP contribution >= 0.6 is 0 Å². The molecule has 5 nitrogen and oxygen atoms in total. The highest BCUT2D eigenvalue weighted by Gasteiger charge is 2.27. The fourth-order valence-electron chi connectivity index (χ4n) is 3.51. The molecule has 0 saturated carbocycles. The minimum atomic E-state index is 0.269. The van der Waals surface area contributed by atoms with Gasteiger partial charge in [-0.05, 0) is 30.9 Å². The lowest BCUT2D eigenvalue weighted by molar-refractivity contribution is -0.132. The third-order valence-electron chi connectivity index (χ3n) is 4.80. The molecule has 1 saturated heterocycles. The highest BCUT2D eigenvalue weighted by molar-refractivity contribution is 5.75. The number of carbonyl (C=O) groups is 1. The highest BCUT2D eigenvalue weighted by atomic mass is 16.5. The molecule has 2 aliphatic heterocycles. The van der Waals surface area contributed by atoms with Crippen LogP contribution in [0.3, 0.4) is 0 Å². The number of benzene rings is 1. The first kappa shape index (κ1) is 16.1. The second kappa shape index (κ2) is 7.21. The Morgan fingerprint density at radius 3 is 2.83 bits per heavy atom. The smallest absolute Gasteiger partial charge is 0.222 e. The van der Waals surface area contributed by atoms with Crippen LogP contribution in [-0.4, -0.2) is 49.7 Å². The van der Waals surface area contributed by atoms with Gasteiger partial charge in [-0.15, -0.1) is 0 Å². The van der Waals surface area contributed by atoms with Crippen LogP contribution in [0.4, 0.5) is 0 Å². The van der Waals surface area contributed by atoms with E-state index in [2.05, 4.69) is 11.4 Å². The van der Waals surface area contributed by atoms with E-state index in [-0.39, 0.29) is 5.91 Å². The van der Waals surface area contributed by atoms with Gasteiger partial charge in [0.1, 0.15) is 6.61 Å². The predicted octanol–water partition coefficient (Wildman–Crippen LogP) is 1.99. The number of amides is 1. The number of rotatable bonds is 4. The summed E-state index contributed by atoms with van der Waals surface area (Å²) in [6, 6.07) is 6.85. The molecule has 1 N–H and O–H groups in total. The first-order chi connectivity index (χ1) is 11.2. The fraction of sp³-hybridized carbons (Fsp3) is 0.611. The molecule has 126 valence electrons. The van der Waals surface area contributed by atoms with E-state index in [1.54, 1.807) is 7.11 Å². The molecule has 0 aromatic heterocycles. The predicted molar refractivity (Wildman–Crippen MR) is 89.0 cm³/mol. The molecular weight excluding hydrogens is 292 g/mol. The minimum absolute atomic E-state index is 0.269. The topological polar surface area (TPSA) is 50.8 Å². The number of piperidine rings is 1. The van der Waals surface area contributed by atoms with E-state index in [9.17, 15) is 4.79 Å². The zero-order valence-electron chi connectivity index (χ0n) is 14.0. The molecular formula is C18H26N2O3. The molecule has 0 radical (unpaired) electrons. The Balaban J connectivity index is 1.54. The van der Waals surface area contributed by atoms with Crippen molar-refractivity contribution in [3.05, 3.63) is 23.8 Å². The Hall–Kier alpha value is -1.75. The first-order valence-electron chi connectivity index (χ1n) is 8.53. The molecule has 1 atom stereocenters. The summed E-state index contributed by atoms with van der Waals surface area (Å²) in [5, 5.41) is 3.71. The standard InChI is InChI=1S/C18H26N2O3/c1-3-17(21)20-9-7-14(8-10-20)19-15-11-13-5-4-6-16(22-2)18(13)23-12-15/h4-6,14-15,19H,3,7-12H2,1-2H3/t15-/m0/s1. The maximum absolute atomic E-state index is 11.7. The van der Waals surface area contributed by atoms with Crippen LogP contribution in [0, 0.1) is 0 Å². The second-order valence-corrected chi connectivity index (χ2v) is 6.34. The summed E-state index contributed by atoms with van der Waals surface area (Å²) in [4.78, 5) is 13.7. The summed E-state index contributed by atoms with van der Waals surface area (Å²) in [6.45, 7) is 4.32. The maximum Gasteiger partial charge on any atom is 0.222 e. The number of para-hydroxylation sites is 1. The molecule has 1 aromatic carbocycles. The van der Waals surface area contributed by atoms with Crippen molar-refractivity contribution < 1.29 is 14.3 Å². The van der Waals surface area contributed by atoms with E-state index in [0.29, 0.717) is 25.1 Å². The van der Waals surface area contributed by atoms with Crippen molar-refractivity contribution in [3.63, 3.8) is 0 Å². The SMILES string of the molecule is CCC(=O)N1CCC(N[C@@H]2COc3c(cccc3OC)C2)CC1. The van der Waals surface area contributed by atoms with Crippen molar-refractivity contribution in [2.24, 2.45) is 0 Å². The Bertz CT molecular complexity index is 553. The number of nitrogens with one attached hydrogen (secondary N) is 1. The van der Waals surface area contributed by atoms with Crippen molar-refractivity contribution in [1.82, 2.24) is 10.2 Å². The molecule has 0 bridgehead atoms. The summed E-state index contributed by atoms with van der Waals surface area (Å²) in [6.07, 6.45) is 3.61. The van der Waals surface area contributed by atoms with Crippen molar-refractivity contribution in [1.29, 1.82) is 0 Å². The molecule has 5 heteroatoms. The van der Waals surface area contributed by atoms with Gasteiger partial charge in [-0.3, -0.25) is 4.79 Å². The van der Waals surface area contributed by atoms with Crippen molar-refractivity contribution >= 4 is 5.91 Å². The van der Waals surface area contributed by atoms with E-state index < -0.39 is 0 Å². The Morgan fingerprint density at radius 2 is 2.13 bits per heavy atom. The van der Waals surface area contributed by atoms with E-state index in [4.69, 9.17) is 9.47 Å². The first-order valence-corrected chi connectivity index (χ1v) is 8.53. The Morgan fingerprint density at radius 1 is 1.35 bits per heavy atom. The second-order valence-electron chi connectivity index (χ2n) is 6.34. The van der Waals surface area contributed by atoms with Gasteiger partial charge in [-0.1, -0.05) is 19.1 Å².